The molecule has 1 heterocycles. The van der Waals surface area contributed by atoms with Crippen molar-refractivity contribution in [3.63, 3.8) is 0 Å². The predicted octanol–water partition coefficient (Wildman–Crippen LogP) is 2.83. The van der Waals surface area contributed by atoms with Crippen LogP contribution in [0.2, 0.25) is 0 Å². The Labute approximate surface area is 205 Å². The van der Waals surface area contributed by atoms with Gasteiger partial charge in [0.2, 0.25) is 11.8 Å². The van der Waals surface area contributed by atoms with E-state index in [9.17, 15) is 33.5 Å². The molecule has 4 aliphatic rings. The molecule has 2 amide bonds. The number of carbonyl (C=O) groups is 5. The molecule has 8 nitrogen and oxygen atoms in total. The molecule has 3 aliphatic carbocycles. The van der Waals surface area contributed by atoms with Gasteiger partial charge in [-0.2, -0.15) is 0 Å². The van der Waals surface area contributed by atoms with Crippen LogP contribution in [-0.4, -0.2) is 51.0 Å². The number of rotatable bonds is 5. The fraction of sp³-hybridized carbons (Fsp3) is 0.370. The van der Waals surface area contributed by atoms with Crippen molar-refractivity contribution in [3.05, 3.63) is 64.0 Å². The molecule has 2 N–H and O–H groups in total. The van der Waals surface area contributed by atoms with Crippen LogP contribution in [0.25, 0.3) is 0 Å². The van der Waals surface area contributed by atoms with Crippen molar-refractivity contribution in [2.45, 2.75) is 38.5 Å². The lowest BCUT2D eigenvalue weighted by Gasteiger charge is -2.42. The topological polar surface area (TPSA) is 129 Å². The minimum atomic E-state index is -1.02. The highest BCUT2D eigenvalue weighted by molar-refractivity contribution is 6.23. The summed E-state index contributed by atoms with van der Waals surface area (Å²) >= 11 is 0. The summed E-state index contributed by atoms with van der Waals surface area (Å²) in [6.07, 6.45) is 3.40. The zero-order valence-corrected chi connectivity index (χ0v) is 19.5. The normalized spacial score (nSPS) is 27.4. The number of nitrogens with zero attached hydrogens (tertiary/aromatic N) is 1. The Balaban J connectivity index is 1.58. The number of imide groups is 1. The number of benzene rings is 1. The van der Waals surface area contributed by atoms with Crippen LogP contribution in [0, 0.1) is 23.6 Å². The number of carboxylic acids is 1. The average molecular weight is 493 g/mol. The lowest BCUT2D eigenvalue weighted by atomic mass is 9.59. The molecule has 186 valence electrons. The molecule has 9 heteroatoms. The number of aliphatic carboxylic acids is 1. The van der Waals surface area contributed by atoms with Crippen LogP contribution in [0.15, 0.2) is 52.6 Å². The molecule has 36 heavy (non-hydrogen) atoms. The minimum Gasteiger partial charge on any atom is -0.505 e. The first-order valence-electron chi connectivity index (χ1n) is 11.9. The molecule has 0 saturated carbocycles. The number of hydrogen-bond acceptors (Lipinski definition) is 6. The maximum absolute atomic E-state index is 14.4. The fourth-order valence-electron chi connectivity index (χ4n) is 6.12. The predicted molar refractivity (Wildman–Crippen MR) is 123 cm³/mol. The summed E-state index contributed by atoms with van der Waals surface area (Å²) in [4.78, 5) is 64.8. The van der Waals surface area contributed by atoms with Gasteiger partial charge in [-0.15, -0.1) is 0 Å². The van der Waals surface area contributed by atoms with Gasteiger partial charge in [0.1, 0.15) is 0 Å². The van der Waals surface area contributed by atoms with Gasteiger partial charge in [0.05, 0.1) is 11.8 Å². The Morgan fingerprint density at radius 2 is 1.89 bits per heavy atom. The second-order valence-corrected chi connectivity index (χ2v) is 9.76. The molecule has 5 rings (SSSR count). The van der Waals surface area contributed by atoms with Gasteiger partial charge >= 0.3 is 5.97 Å². The monoisotopic (exact) mass is 493 g/mol. The summed E-state index contributed by atoms with van der Waals surface area (Å²) < 4.78 is 14.4. The largest absolute Gasteiger partial charge is 0.505 e. The third-order valence-electron chi connectivity index (χ3n) is 7.73. The lowest BCUT2D eigenvalue weighted by Crippen LogP contribution is -2.40. The SMILES string of the molecule is CC1=CC(=O)C2=C(C1=O)[C@@H](c1ccc(O)c(F)c1)C1=CC[C@@H]3C(=O)N(CCCC(=O)O)C(=O)[C@@H]3[C@@H]1C2. The number of fused-ring (bicyclic) bond motifs is 3. The van der Waals surface area contributed by atoms with Crippen molar-refractivity contribution in [2.75, 3.05) is 6.54 Å². The van der Waals surface area contributed by atoms with E-state index in [4.69, 9.17) is 5.11 Å². The van der Waals surface area contributed by atoms with Gasteiger partial charge in [0.25, 0.3) is 0 Å². The zero-order valence-electron chi connectivity index (χ0n) is 19.5. The average Bonchev–Trinajstić information content (AvgIpc) is 3.08. The molecule has 0 aromatic heterocycles. The number of carbonyl (C=O) groups excluding carboxylic acids is 4. The molecule has 1 aromatic rings. The molecule has 0 unspecified atom stereocenters. The van der Waals surface area contributed by atoms with Crippen LogP contribution >= 0.6 is 0 Å². The van der Waals surface area contributed by atoms with Gasteiger partial charge in [-0.05, 0) is 55.9 Å². The van der Waals surface area contributed by atoms with Crippen molar-refractivity contribution in [2.24, 2.45) is 17.8 Å². The quantitative estimate of drug-likeness (QED) is 0.367. The number of amides is 2. The van der Waals surface area contributed by atoms with Crippen molar-refractivity contribution in [3.8, 4) is 5.75 Å². The van der Waals surface area contributed by atoms with Gasteiger partial charge in [-0.25, -0.2) is 4.39 Å². The minimum absolute atomic E-state index is 0.00107. The maximum atomic E-state index is 14.4. The van der Waals surface area contributed by atoms with E-state index in [-0.39, 0.29) is 66.4 Å². The number of allylic oxidation sites excluding steroid dienone is 6. The van der Waals surface area contributed by atoms with Gasteiger partial charge in [-0.1, -0.05) is 17.7 Å². The highest BCUT2D eigenvalue weighted by atomic mass is 19.1. The van der Waals surface area contributed by atoms with Crippen LogP contribution in [-0.2, 0) is 24.0 Å². The van der Waals surface area contributed by atoms with Crippen LogP contribution in [0.5, 0.6) is 5.75 Å². The zero-order chi connectivity index (χ0) is 25.9. The van der Waals surface area contributed by atoms with Crippen LogP contribution in [0.4, 0.5) is 4.39 Å². The highest BCUT2D eigenvalue weighted by Crippen LogP contribution is 2.55. The number of ketones is 2. The molecule has 1 saturated heterocycles. The van der Waals surface area contributed by atoms with Crippen molar-refractivity contribution >= 4 is 29.4 Å². The molecule has 1 aromatic carbocycles. The summed E-state index contributed by atoms with van der Waals surface area (Å²) in [5.41, 5.74) is 1.84. The van der Waals surface area contributed by atoms with E-state index in [0.717, 1.165) is 11.0 Å². The molecule has 0 spiro atoms. The highest BCUT2D eigenvalue weighted by Gasteiger charge is 2.56. The number of likely N-dealkylation sites (tertiary alicyclic amines) is 1. The number of aromatic hydroxyl groups is 1. The Morgan fingerprint density at radius 3 is 2.58 bits per heavy atom. The summed E-state index contributed by atoms with van der Waals surface area (Å²) in [5, 5.41) is 18.6. The van der Waals surface area contributed by atoms with E-state index in [0.29, 0.717) is 11.1 Å². The van der Waals surface area contributed by atoms with Crippen LogP contribution in [0.1, 0.15) is 44.1 Å². The Bertz CT molecular complexity index is 1340. The second-order valence-electron chi connectivity index (χ2n) is 9.76. The van der Waals surface area contributed by atoms with E-state index >= 15 is 0 Å². The Kier molecular flexibility index (Phi) is 5.73. The van der Waals surface area contributed by atoms with Crippen molar-refractivity contribution in [1.82, 2.24) is 4.90 Å². The summed E-state index contributed by atoms with van der Waals surface area (Å²) in [6.45, 7) is 1.54. The first kappa shape index (κ1) is 23.8. The summed E-state index contributed by atoms with van der Waals surface area (Å²) in [7, 11) is 0. The number of phenols is 1. The number of phenolic OH excluding ortho intramolecular Hbond substituents is 1. The molecular formula is C27H24FNO7. The Hall–Kier alpha value is -3.88. The number of Topliss-reactive ketones (excluding diaryl/α,β-unsaturated/α-hetero) is 1. The number of hydrogen-bond donors (Lipinski definition) is 2. The first-order valence-corrected chi connectivity index (χ1v) is 11.9. The molecule has 4 atom stereocenters. The first-order chi connectivity index (χ1) is 17.1. The summed E-state index contributed by atoms with van der Waals surface area (Å²) in [5.74, 6) is -6.61. The maximum Gasteiger partial charge on any atom is 0.303 e. The second kappa shape index (κ2) is 8.65. The van der Waals surface area contributed by atoms with Crippen molar-refractivity contribution in [1.29, 1.82) is 0 Å². The van der Waals surface area contributed by atoms with Gasteiger partial charge in [0.15, 0.2) is 23.1 Å². The van der Waals surface area contributed by atoms with E-state index in [1.807, 2.05) is 6.08 Å². The van der Waals surface area contributed by atoms with Crippen LogP contribution in [0.3, 0.4) is 0 Å². The molecule has 1 aliphatic heterocycles. The number of carboxylic acid groups (broad SMARTS) is 1. The Morgan fingerprint density at radius 1 is 1.14 bits per heavy atom. The lowest BCUT2D eigenvalue weighted by molar-refractivity contribution is -0.142. The van der Waals surface area contributed by atoms with E-state index in [1.54, 1.807) is 6.92 Å². The molecule has 1 fully saturated rings. The van der Waals surface area contributed by atoms with Crippen molar-refractivity contribution < 1.29 is 38.6 Å². The molecule has 0 bridgehead atoms. The third-order valence-corrected chi connectivity index (χ3v) is 7.73. The summed E-state index contributed by atoms with van der Waals surface area (Å²) in [6, 6.07) is 3.81. The third kappa shape index (κ3) is 3.61. The van der Waals surface area contributed by atoms with Gasteiger partial charge in [0, 0.05) is 35.6 Å². The van der Waals surface area contributed by atoms with Crippen LogP contribution < -0.4 is 0 Å². The van der Waals surface area contributed by atoms with E-state index in [1.165, 1.54) is 18.2 Å². The fourth-order valence-corrected chi connectivity index (χ4v) is 6.12. The smallest absolute Gasteiger partial charge is 0.303 e. The molecular weight excluding hydrogens is 469 g/mol. The standard InChI is InChI=1S/C27H24FNO7/c1-12-9-20(31)17-11-16-14(22(24(17)25(12)34)13-4-7-19(30)18(28)10-13)5-6-15-23(16)27(36)29(26(15)35)8-2-3-21(32)33/h4-5,7,9-10,15-16,22-23,30H,2-3,6,8,11H2,1H3,(H,32,33)/t15-,16+,22-,23-/m0/s1. The number of halogens is 1. The molecule has 0 radical (unpaired) electrons. The van der Waals surface area contributed by atoms with Gasteiger partial charge < -0.3 is 10.2 Å². The van der Waals surface area contributed by atoms with E-state index in [2.05, 4.69) is 0 Å². The van der Waals surface area contributed by atoms with Gasteiger partial charge in [-0.3, -0.25) is 28.9 Å². The van der Waals surface area contributed by atoms with E-state index < -0.39 is 47.1 Å².